The molecule has 1 unspecified atom stereocenters. The first-order valence-corrected chi connectivity index (χ1v) is 6.53. The predicted octanol–water partition coefficient (Wildman–Crippen LogP) is 2.26. The number of rotatable bonds is 7. The molecule has 0 saturated carbocycles. The van der Waals surface area contributed by atoms with Crippen molar-refractivity contribution >= 4 is 5.91 Å². The molecule has 1 rings (SSSR count). The lowest BCUT2D eigenvalue weighted by molar-refractivity contribution is -0.274. The molecule has 4 nitrogen and oxygen atoms in total. The molecule has 1 amide bonds. The number of alkyl halides is 3. The van der Waals surface area contributed by atoms with Crippen LogP contribution in [0, 0.1) is 5.92 Å². The molecule has 0 saturated heterocycles. The van der Waals surface area contributed by atoms with Crippen molar-refractivity contribution in [1.29, 1.82) is 0 Å². The summed E-state index contributed by atoms with van der Waals surface area (Å²) >= 11 is 0. The summed E-state index contributed by atoms with van der Waals surface area (Å²) in [6, 6.07) is 5.73. The summed E-state index contributed by atoms with van der Waals surface area (Å²) in [6.45, 7) is 2.06. The predicted molar refractivity (Wildman–Crippen MR) is 70.7 cm³/mol. The normalized spacial score (nSPS) is 12.8. The van der Waals surface area contributed by atoms with Gasteiger partial charge in [-0.15, -0.1) is 13.2 Å². The van der Waals surface area contributed by atoms with Crippen LogP contribution in [-0.4, -0.2) is 30.5 Å². The Labute approximate surface area is 120 Å². The van der Waals surface area contributed by atoms with Gasteiger partial charge in [0.05, 0.1) is 0 Å². The SMILES string of the molecule is CC(CO)CNC(=O)CCc1ccccc1OC(F)(F)F. The van der Waals surface area contributed by atoms with Crippen molar-refractivity contribution < 1.29 is 27.8 Å². The molecular weight excluding hydrogens is 287 g/mol. The molecule has 0 aromatic heterocycles. The van der Waals surface area contributed by atoms with Crippen LogP contribution < -0.4 is 10.1 Å². The maximum atomic E-state index is 12.2. The second-order valence-electron chi connectivity index (χ2n) is 4.75. The van der Waals surface area contributed by atoms with Crippen molar-refractivity contribution in [2.75, 3.05) is 13.2 Å². The lowest BCUT2D eigenvalue weighted by Crippen LogP contribution is -2.29. The molecule has 0 spiro atoms. The third kappa shape index (κ3) is 6.99. The van der Waals surface area contributed by atoms with Crippen molar-refractivity contribution in [2.45, 2.75) is 26.1 Å². The van der Waals surface area contributed by atoms with E-state index in [9.17, 15) is 18.0 Å². The molecule has 21 heavy (non-hydrogen) atoms. The van der Waals surface area contributed by atoms with E-state index in [2.05, 4.69) is 10.1 Å². The van der Waals surface area contributed by atoms with Crippen LogP contribution in [0.5, 0.6) is 5.75 Å². The zero-order valence-electron chi connectivity index (χ0n) is 11.6. The van der Waals surface area contributed by atoms with E-state index in [0.717, 1.165) is 0 Å². The molecule has 118 valence electrons. The van der Waals surface area contributed by atoms with Gasteiger partial charge in [-0.2, -0.15) is 0 Å². The summed E-state index contributed by atoms with van der Waals surface area (Å²) in [5.74, 6) is -0.631. The smallest absolute Gasteiger partial charge is 0.406 e. The molecule has 1 aromatic rings. The van der Waals surface area contributed by atoms with Crippen LogP contribution in [0.3, 0.4) is 0 Å². The number of hydrogen-bond acceptors (Lipinski definition) is 3. The summed E-state index contributed by atoms with van der Waals surface area (Å²) in [5, 5.41) is 11.4. The number of amides is 1. The number of carbonyl (C=O) groups is 1. The van der Waals surface area contributed by atoms with E-state index in [1.807, 2.05) is 0 Å². The fourth-order valence-electron chi connectivity index (χ4n) is 1.62. The van der Waals surface area contributed by atoms with Gasteiger partial charge < -0.3 is 15.2 Å². The quantitative estimate of drug-likeness (QED) is 0.812. The van der Waals surface area contributed by atoms with Crippen molar-refractivity contribution in [3.63, 3.8) is 0 Å². The average molecular weight is 305 g/mol. The van der Waals surface area contributed by atoms with Crippen LogP contribution in [0.15, 0.2) is 24.3 Å². The van der Waals surface area contributed by atoms with Crippen LogP contribution in [0.4, 0.5) is 13.2 Å². The van der Waals surface area contributed by atoms with E-state index in [-0.39, 0.29) is 37.0 Å². The number of hydrogen-bond donors (Lipinski definition) is 2. The van der Waals surface area contributed by atoms with Crippen molar-refractivity contribution in [3.8, 4) is 5.75 Å². The molecule has 1 atom stereocenters. The number of carbonyl (C=O) groups excluding carboxylic acids is 1. The largest absolute Gasteiger partial charge is 0.573 e. The topological polar surface area (TPSA) is 58.6 Å². The highest BCUT2D eigenvalue weighted by Crippen LogP contribution is 2.26. The molecule has 0 aliphatic heterocycles. The Morgan fingerprint density at radius 3 is 2.67 bits per heavy atom. The molecule has 0 radical (unpaired) electrons. The Morgan fingerprint density at radius 1 is 1.38 bits per heavy atom. The lowest BCUT2D eigenvalue weighted by atomic mass is 10.1. The second kappa shape index (κ2) is 7.87. The van der Waals surface area contributed by atoms with Gasteiger partial charge in [0.25, 0.3) is 0 Å². The van der Waals surface area contributed by atoms with Gasteiger partial charge in [0.2, 0.25) is 5.91 Å². The number of aliphatic hydroxyl groups is 1. The van der Waals surface area contributed by atoms with E-state index in [1.54, 1.807) is 13.0 Å². The van der Waals surface area contributed by atoms with Gasteiger partial charge in [0, 0.05) is 19.6 Å². The Morgan fingerprint density at radius 2 is 2.05 bits per heavy atom. The van der Waals surface area contributed by atoms with Gasteiger partial charge in [0.1, 0.15) is 5.75 Å². The van der Waals surface area contributed by atoms with Gasteiger partial charge in [-0.05, 0) is 24.0 Å². The highest BCUT2D eigenvalue weighted by atomic mass is 19.4. The number of aliphatic hydroxyl groups excluding tert-OH is 1. The van der Waals surface area contributed by atoms with Crippen molar-refractivity contribution in [2.24, 2.45) is 5.92 Å². The minimum Gasteiger partial charge on any atom is -0.406 e. The van der Waals surface area contributed by atoms with Gasteiger partial charge in [-0.25, -0.2) is 0 Å². The number of nitrogens with one attached hydrogen (secondary N) is 1. The van der Waals surface area contributed by atoms with Crippen LogP contribution >= 0.6 is 0 Å². The highest BCUT2D eigenvalue weighted by molar-refractivity contribution is 5.76. The van der Waals surface area contributed by atoms with Crippen molar-refractivity contribution in [1.82, 2.24) is 5.32 Å². The monoisotopic (exact) mass is 305 g/mol. The number of para-hydroxylation sites is 1. The van der Waals surface area contributed by atoms with Gasteiger partial charge in [-0.3, -0.25) is 4.79 Å². The molecule has 0 bridgehead atoms. The van der Waals surface area contributed by atoms with Crippen LogP contribution in [0.25, 0.3) is 0 Å². The molecule has 0 aliphatic carbocycles. The third-order valence-corrected chi connectivity index (χ3v) is 2.78. The lowest BCUT2D eigenvalue weighted by Gasteiger charge is -2.13. The van der Waals surface area contributed by atoms with E-state index < -0.39 is 6.36 Å². The summed E-state index contributed by atoms with van der Waals surface area (Å²) in [7, 11) is 0. The van der Waals surface area contributed by atoms with E-state index in [0.29, 0.717) is 12.1 Å². The first kappa shape index (κ1) is 17.3. The van der Waals surface area contributed by atoms with Crippen LogP contribution in [-0.2, 0) is 11.2 Å². The maximum absolute atomic E-state index is 12.2. The zero-order chi connectivity index (χ0) is 15.9. The van der Waals surface area contributed by atoms with Crippen LogP contribution in [0.2, 0.25) is 0 Å². The fourth-order valence-corrected chi connectivity index (χ4v) is 1.62. The van der Waals surface area contributed by atoms with E-state index in [1.165, 1.54) is 18.2 Å². The average Bonchev–Trinajstić information content (AvgIpc) is 2.42. The third-order valence-electron chi connectivity index (χ3n) is 2.78. The number of halogens is 3. The Balaban J connectivity index is 2.53. The molecule has 0 fully saturated rings. The first-order valence-electron chi connectivity index (χ1n) is 6.53. The molecule has 7 heteroatoms. The summed E-state index contributed by atoms with van der Waals surface area (Å²) in [5.41, 5.74) is 0.320. The van der Waals surface area contributed by atoms with E-state index >= 15 is 0 Å². The van der Waals surface area contributed by atoms with Gasteiger partial charge in [-0.1, -0.05) is 25.1 Å². The van der Waals surface area contributed by atoms with Gasteiger partial charge >= 0.3 is 6.36 Å². The molecule has 1 aromatic carbocycles. The Bertz CT molecular complexity index is 463. The first-order chi connectivity index (χ1) is 9.81. The van der Waals surface area contributed by atoms with Crippen LogP contribution in [0.1, 0.15) is 18.9 Å². The number of aryl methyl sites for hydroxylation is 1. The molecular formula is C14H18F3NO3. The van der Waals surface area contributed by atoms with Gasteiger partial charge in [0.15, 0.2) is 0 Å². The summed E-state index contributed by atoms with van der Waals surface area (Å²) in [4.78, 5) is 11.6. The Hall–Kier alpha value is -1.76. The minimum absolute atomic E-state index is 0.0392. The number of benzene rings is 1. The van der Waals surface area contributed by atoms with E-state index in [4.69, 9.17) is 5.11 Å². The molecule has 2 N–H and O–H groups in total. The second-order valence-corrected chi connectivity index (χ2v) is 4.75. The highest BCUT2D eigenvalue weighted by Gasteiger charge is 2.31. The number of ether oxygens (including phenoxy) is 1. The Kier molecular flexibility index (Phi) is 6.48. The summed E-state index contributed by atoms with van der Waals surface area (Å²) < 4.78 is 40.6. The zero-order valence-corrected chi connectivity index (χ0v) is 11.6. The van der Waals surface area contributed by atoms with Crippen molar-refractivity contribution in [3.05, 3.63) is 29.8 Å². The maximum Gasteiger partial charge on any atom is 0.573 e. The standard InChI is InChI=1S/C14H18F3NO3/c1-10(9-19)8-18-13(20)7-6-11-4-2-3-5-12(11)21-14(15,16)17/h2-5,10,19H,6-9H2,1H3,(H,18,20). The molecule has 0 aliphatic rings. The molecule has 0 heterocycles. The fraction of sp³-hybridized carbons (Fsp3) is 0.500. The minimum atomic E-state index is -4.76. The summed E-state index contributed by atoms with van der Waals surface area (Å²) in [6.07, 6.45) is -4.56.